The third kappa shape index (κ3) is 3.07. The zero-order valence-electron chi connectivity index (χ0n) is 20.3. The van der Waals surface area contributed by atoms with E-state index in [0.29, 0.717) is 0 Å². The molecule has 8 rings (SSSR count). The Hall–Kier alpha value is -5.36. The van der Waals surface area contributed by atoms with Gasteiger partial charge < -0.3 is 9.64 Å². The summed E-state index contributed by atoms with van der Waals surface area (Å²) in [7, 11) is 0. The summed E-state index contributed by atoms with van der Waals surface area (Å²) in [6.45, 7) is 0. The van der Waals surface area contributed by atoms with E-state index in [0.717, 1.165) is 51.1 Å². The molecule has 6 heteroatoms. The molecule has 4 heterocycles. The van der Waals surface area contributed by atoms with Crippen molar-refractivity contribution in [1.29, 1.82) is 0 Å². The first-order chi connectivity index (χ1) is 18.8. The summed E-state index contributed by atoms with van der Waals surface area (Å²) in [4.78, 5) is 6.96. The van der Waals surface area contributed by atoms with Crippen molar-refractivity contribution in [3.8, 4) is 23.0 Å². The van der Waals surface area contributed by atoms with Gasteiger partial charge in [-0.1, -0.05) is 42.5 Å². The first-order valence-corrected chi connectivity index (χ1v) is 12.5. The van der Waals surface area contributed by atoms with E-state index >= 15 is 0 Å². The number of pyridine rings is 1. The molecule has 0 saturated heterocycles. The maximum atomic E-state index is 6.34. The van der Waals surface area contributed by atoms with E-state index in [9.17, 15) is 0 Å². The Morgan fingerprint density at radius 3 is 2.29 bits per heavy atom. The molecule has 0 amide bonds. The fourth-order valence-electron chi connectivity index (χ4n) is 5.42. The highest BCUT2D eigenvalue weighted by Crippen LogP contribution is 2.51. The van der Waals surface area contributed by atoms with E-state index < -0.39 is 0 Å². The minimum atomic E-state index is 0.796. The number of benzene rings is 4. The average molecular weight is 492 g/mol. The van der Waals surface area contributed by atoms with Crippen LogP contribution in [0.4, 0.5) is 17.1 Å². The number of fused-ring (bicyclic) bond motifs is 5. The number of hydrogen-bond donors (Lipinski definition) is 0. The molecule has 0 atom stereocenters. The van der Waals surface area contributed by atoms with Crippen LogP contribution in [-0.4, -0.2) is 19.3 Å². The summed E-state index contributed by atoms with van der Waals surface area (Å²) in [5, 5.41) is 6.82. The topological polar surface area (TPSA) is 48.1 Å². The molecule has 0 saturated carbocycles. The van der Waals surface area contributed by atoms with E-state index in [1.807, 2.05) is 71.7 Å². The van der Waals surface area contributed by atoms with Gasteiger partial charge >= 0.3 is 0 Å². The number of anilines is 3. The first kappa shape index (κ1) is 20.8. The Morgan fingerprint density at radius 2 is 1.39 bits per heavy atom. The summed E-state index contributed by atoms with van der Waals surface area (Å²) in [5.74, 6) is 2.50. The Morgan fingerprint density at radius 1 is 0.579 bits per heavy atom. The largest absolute Gasteiger partial charge is 0.453 e. The predicted octanol–water partition coefficient (Wildman–Crippen LogP) is 7.94. The first-order valence-electron chi connectivity index (χ1n) is 12.5. The summed E-state index contributed by atoms with van der Waals surface area (Å²) in [5.41, 5.74) is 6.16. The summed E-state index contributed by atoms with van der Waals surface area (Å²) in [6, 6.07) is 37.4. The highest BCUT2D eigenvalue weighted by molar-refractivity contribution is 6.10. The lowest BCUT2D eigenvalue weighted by atomic mass is 10.1. The second-order valence-electron chi connectivity index (χ2n) is 9.25. The van der Waals surface area contributed by atoms with Gasteiger partial charge in [-0.2, -0.15) is 5.10 Å². The minimum absolute atomic E-state index is 0.796. The van der Waals surface area contributed by atoms with Crippen LogP contribution in [0.15, 0.2) is 128 Å². The molecule has 1 aliphatic heterocycles. The third-order valence-electron chi connectivity index (χ3n) is 7.07. The smallest absolute Gasteiger partial charge is 0.151 e. The molecular formula is C32H21N5O. The standard InChI is InChI=1S/C32H21N5O/c1-2-9-26-24(8-1)25-15-13-23(21-28(25)37(26)32-12-5-6-17-33-32)36-27-10-3-4-11-30(27)38-31-16-14-22(20-29(31)36)35-19-7-18-34-35/h1-21H. The third-order valence-corrected chi connectivity index (χ3v) is 7.07. The Bertz CT molecular complexity index is 1960. The van der Waals surface area contributed by atoms with Crippen LogP contribution >= 0.6 is 0 Å². The zero-order chi connectivity index (χ0) is 25.1. The maximum Gasteiger partial charge on any atom is 0.151 e. The predicted molar refractivity (Wildman–Crippen MR) is 150 cm³/mol. The van der Waals surface area contributed by atoms with Crippen molar-refractivity contribution in [2.75, 3.05) is 4.90 Å². The number of rotatable bonds is 3. The van der Waals surface area contributed by atoms with Crippen LogP contribution in [0, 0.1) is 0 Å². The second kappa shape index (κ2) is 8.08. The van der Waals surface area contributed by atoms with E-state index in [1.165, 1.54) is 10.8 Å². The van der Waals surface area contributed by atoms with Gasteiger partial charge in [-0.3, -0.25) is 4.57 Å². The summed E-state index contributed by atoms with van der Waals surface area (Å²) in [6.07, 6.45) is 5.57. The van der Waals surface area contributed by atoms with Crippen LogP contribution in [0.1, 0.15) is 0 Å². The van der Waals surface area contributed by atoms with E-state index in [4.69, 9.17) is 9.72 Å². The highest BCUT2D eigenvalue weighted by Gasteiger charge is 2.27. The van der Waals surface area contributed by atoms with Crippen LogP contribution < -0.4 is 9.64 Å². The van der Waals surface area contributed by atoms with Crippen molar-refractivity contribution in [2.45, 2.75) is 0 Å². The van der Waals surface area contributed by atoms with Gasteiger partial charge in [-0.15, -0.1) is 0 Å². The van der Waals surface area contributed by atoms with Crippen molar-refractivity contribution >= 4 is 38.9 Å². The molecule has 0 N–H and O–H groups in total. The second-order valence-corrected chi connectivity index (χ2v) is 9.25. The van der Waals surface area contributed by atoms with Gasteiger partial charge in [0.2, 0.25) is 0 Å². The van der Waals surface area contributed by atoms with Crippen LogP contribution in [0.3, 0.4) is 0 Å². The van der Waals surface area contributed by atoms with Crippen molar-refractivity contribution < 1.29 is 4.74 Å². The van der Waals surface area contributed by atoms with Crippen LogP contribution in [0.2, 0.25) is 0 Å². The molecule has 0 spiro atoms. The molecule has 0 bridgehead atoms. The van der Waals surface area contributed by atoms with Gasteiger partial charge in [0.25, 0.3) is 0 Å². The summed E-state index contributed by atoms with van der Waals surface area (Å²) >= 11 is 0. The van der Waals surface area contributed by atoms with Gasteiger partial charge in [0, 0.05) is 35.1 Å². The van der Waals surface area contributed by atoms with Crippen molar-refractivity contribution in [3.63, 3.8) is 0 Å². The Labute approximate surface area is 218 Å². The normalized spacial score (nSPS) is 12.4. The molecule has 1 aliphatic rings. The number of para-hydroxylation sites is 3. The number of ether oxygens (including phenoxy) is 1. The SMILES string of the molecule is c1ccc(-n2c3ccccc3c3ccc(N4c5ccccc5Oc5ccc(-n6cccn6)cc54)cc32)nc1. The van der Waals surface area contributed by atoms with Gasteiger partial charge in [-0.25, -0.2) is 9.67 Å². The fourth-order valence-corrected chi connectivity index (χ4v) is 5.42. The highest BCUT2D eigenvalue weighted by atomic mass is 16.5. The Kier molecular flexibility index (Phi) is 4.42. The molecular weight excluding hydrogens is 470 g/mol. The van der Waals surface area contributed by atoms with Crippen LogP contribution in [-0.2, 0) is 0 Å². The quantitative estimate of drug-likeness (QED) is 0.252. The molecule has 180 valence electrons. The van der Waals surface area contributed by atoms with Crippen molar-refractivity contribution in [3.05, 3.63) is 128 Å². The molecule has 7 aromatic rings. The van der Waals surface area contributed by atoms with Gasteiger partial charge in [0.1, 0.15) is 5.82 Å². The number of aromatic nitrogens is 4. The van der Waals surface area contributed by atoms with E-state index in [-0.39, 0.29) is 0 Å². The zero-order valence-corrected chi connectivity index (χ0v) is 20.3. The van der Waals surface area contributed by atoms with Crippen molar-refractivity contribution in [2.24, 2.45) is 0 Å². The molecule has 38 heavy (non-hydrogen) atoms. The fraction of sp³-hybridized carbons (Fsp3) is 0. The molecule has 4 aromatic carbocycles. The lowest BCUT2D eigenvalue weighted by Crippen LogP contribution is -2.16. The molecule has 0 fully saturated rings. The minimum Gasteiger partial charge on any atom is -0.453 e. The molecule has 6 nitrogen and oxygen atoms in total. The average Bonchev–Trinajstić information content (AvgIpc) is 3.63. The van der Waals surface area contributed by atoms with E-state index in [1.54, 1.807) is 6.20 Å². The molecule has 0 aliphatic carbocycles. The van der Waals surface area contributed by atoms with Crippen LogP contribution in [0.25, 0.3) is 33.3 Å². The number of nitrogens with zero attached hydrogens (tertiary/aromatic N) is 5. The van der Waals surface area contributed by atoms with Gasteiger partial charge in [0.15, 0.2) is 11.5 Å². The summed E-state index contributed by atoms with van der Waals surface area (Å²) < 4.78 is 10.4. The van der Waals surface area contributed by atoms with Crippen LogP contribution in [0.5, 0.6) is 11.5 Å². The van der Waals surface area contributed by atoms with Crippen molar-refractivity contribution in [1.82, 2.24) is 19.3 Å². The monoisotopic (exact) mass is 491 g/mol. The number of hydrogen-bond acceptors (Lipinski definition) is 4. The molecule has 3 aromatic heterocycles. The molecule has 0 unspecified atom stereocenters. The Balaban J connectivity index is 1.40. The van der Waals surface area contributed by atoms with Gasteiger partial charge in [-0.05, 0) is 66.7 Å². The maximum absolute atomic E-state index is 6.34. The van der Waals surface area contributed by atoms with E-state index in [2.05, 4.69) is 69.2 Å². The molecule has 0 radical (unpaired) electrons. The lowest BCUT2D eigenvalue weighted by molar-refractivity contribution is 0.477. The van der Waals surface area contributed by atoms with Gasteiger partial charge in [0.05, 0.1) is 28.1 Å². The lowest BCUT2D eigenvalue weighted by Gasteiger charge is -2.33.